The van der Waals surface area contributed by atoms with E-state index >= 15 is 0 Å². The molecule has 0 N–H and O–H groups in total. The zero-order valence-electron chi connectivity index (χ0n) is 16.3. The number of aryl methyl sites for hydroxylation is 2. The van der Waals surface area contributed by atoms with Gasteiger partial charge in [-0.05, 0) is 38.1 Å². The third kappa shape index (κ3) is 2.27. The molecule has 8 nitrogen and oxygen atoms in total. The number of aromatic nitrogens is 5. The summed E-state index contributed by atoms with van der Waals surface area (Å²) in [6, 6.07) is 7.60. The molecule has 4 rings (SSSR count). The van der Waals surface area contributed by atoms with Crippen LogP contribution in [0.25, 0.3) is 22.6 Å². The molecule has 0 saturated carbocycles. The van der Waals surface area contributed by atoms with Crippen LogP contribution in [0.2, 0.25) is 0 Å². The molecule has 0 fully saturated rings. The summed E-state index contributed by atoms with van der Waals surface area (Å²) in [5.41, 5.74) is 2.68. The highest BCUT2D eigenvalue weighted by Crippen LogP contribution is 2.25. The number of methoxy groups -OCH3 is 1. The first-order chi connectivity index (χ1) is 13.4. The van der Waals surface area contributed by atoms with E-state index in [0.717, 1.165) is 22.8 Å². The van der Waals surface area contributed by atoms with E-state index in [9.17, 15) is 9.59 Å². The lowest BCUT2D eigenvalue weighted by Crippen LogP contribution is -2.39. The second kappa shape index (κ2) is 6.26. The molecule has 1 aromatic carbocycles. The van der Waals surface area contributed by atoms with E-state index in [0.29, 0.717) is 16.9 Å². The van der Waals surface area contributed by atoms with Gasteiger partial charge < -0.3 is 4.74 Å². The number of rotatable bonds is 4. The Morgan fingerprint density at radius 2 is 1.82 bits per heavy atom. The molecule has 0 bridgehead atoms. The summed E-state index contributed by atoms with van der Waals surface area (Å²) in [7, 11) is 3.24. The van der Waals surface area contributed by atoms with E-state index < -0.39 is 5.69 Å². The van der Waals surface area contributed by atoms with Crippen molar-refractivity contribution in [1.29, 1.82) is 0 Å². The summed E-state index contributed by atoms with van der Waals surface area (Å²) in [4.78, 5) is 30.3. The van der Waals surface area contributed by atoms with Gasteiger partial charge in [0.15, 0.2) is 11.2 Å². The van der Waals surface area contributed by atoms with Gasteiger partial charge in [-0.25, -0.2) is 4.79 Å². The fourth-order valence-corrected chi connectivity index (χ4v) is 3.58. The van der Waals surface area contributed by atoms with Crippen LogP contribution >= 0.6 is 0 Å². The maximum Gasteiger partial charge on any atom is 0.332 e. The highest BCUT2D eigenvalue weighted by Gasteiger charge is 2.22. The van der Waals surface area contributed by atoms with Gasteiger partial charge in [-0.1, -0.05) is 6.08 Å². The monoisotopic (exact) mass is 379 g/mol. The van der Waals surface area contributed by atoms with E-state index in [1.54, 1.807) is 14.2 Å². The minimum absolute atomic E-state index is 0.145. The average Bonchev–Trinajstić information content (AvgIpc) is 3.19. The second-order valence-corrected chi connectivity index (χ2v) is 6.67. The number of allylic oxidation sites excluding steroid dienone is 1. The molecule has 0 unspecified atom stereocenters. The summed E-state index contributed by atoms with van der Waals surface area (Å²) < 4.78 is 11.6. The van der Waals surface area contributed by atoms with Gasteiger partial charge in [-0.15, -0.1) is 6.58 Å². The van der Waals surface area contributed by atoms with Gasteiger partial charge in [-0.3, -0.25) is 22.9 Å². The normalized spacial score (nSPS) is 11.4. The quantitative estimate of drug-likeness (QED) is 0.508. The molecule has 4 aromatic rings. The largest absolute Gasteiger partial charge is 0.497 e. The molecule has 0 aliphatic carbocycles. The van der Waals surface area contributed by atoms with Crippen LogP contribution in [0.1, 0.15) is 11.4 Å². The van der Waals surface area contributed by atoms with Gasteiger partial charge in [0, 0.05) is 30.7 Å². The zero-order valence-corrected chi connectivity index (χ0v) is 16.3. The van der Waals surface area contributed by atoms with Crippen molar-refractivity contribution >= 4 is 16.9 Å². The van der Waals surface area contributed by atoms with E-state index in [1.165, 1.54) is 15.2 Å². The molecule has 0 amide bonds. The number of ether oxygens (including phenoxy) is 1. The molecular weight excluding hydrogens is 358 g/mol. The molecular formula is C20H21N5O3. The molecule has 0 atom stereocenters. The van der Waals surface area contributed by atoms with Crippen molar-refractivity contribution in [2.45, 2.75) is 20.4 Å². The summed E-state index contributed by atoms with van der Waals surface area (Å²) in [6.45, 7) is 7.70. The Morgan fingerprint density at radius 1 is 1.14 bits per heavy atom. The molecule has 0 spiro atoms. The fourth-order valence-electron chi connectivity index (χ4n) is 3.58. The number of benzene rings is 1. The van der Waals surface area contributed by atoms with Crippen molar-refractivity contribution in [2.75, 3.05) is 7.11 Å². The average molecular weight is 379 g/mol. The highest BCUT2D eigenvalue weighted by molar-refractivity contribution is 5.77. The summed E-state index contributed by atoms with van der Waals surface area (Å²) in [5.74, 6) is 1.34. The number of hydrogen-bond donors (Lipinski definition) is 0. The minimum Gasteiger partial charge on any atom is -0.497 e. The summed E-state index contributed by atoms with van der Waals surface area (Å²) in [5, 5.41) is 0. The maximum atomic E-state index is 13.1. The van der Waals surface area contributed by atoms with Gasteiger partial charge in [-0.2, -0.15) is 4.98 Å². The minimum atomic E-state index is -0.413. The first-order valence-corrected chi connectivity index (χ1v) is 8.86. The van der Waals surface area contributed by atoms with Crippen molar-refractivity contribution in [2.24, 2.45) is 7.05 Å². The van der Waals surface area contributed by atoms with Crippen LogP contribution in [0, 0.1) is 13.8 Å². The number of hydrogen-bond acceptors (Lipinski definition) is 4. The van der Waals surface area contributed by atoms with E-state index in [-0.39, 0.29) is 12.1 Å². The lowest BCUT2D eigenvalue weighted by atomic mass is 10.3. The van der Waals surface area contributed by atoms with E-state index in [4.69, 9.17) is 4.74 Å². The maximum absolute atomic E-state index is 13.1. The molecule has 3 aromatic heterocycles. The van der Waals surface area contributed by atoms with Gasteiger partial charge in [0.2, 0.25) is 5.78 Å². The third-order valence-corrected chi connectivity index (χ3v) is 5.16. The molecule has 144 valence electrons. The van der Waals surface area contributed by atoms with E-state index in [2.05, 4.69) is 11.6 Å². The summed E-state index contributed by atoms with van der Waals surface area (Å²) in [6.07, 6.45) is 1.54. The van der Waals surface area contributed by atoms with Gasteiger partial charge in [0.1, 0.15) is 5.75 Å². The SMILES string of the molecule is C=CCn1c(=O)c2c(nc3n(-c4ccc(OC)cc4)c(C)c(C)n23)n(C)c1=O. The van der Waals surface area contributed by atoms with Crippen molar-refractivity contribution in [1.82, 2.24) is 23.1 Å². The number of fused-ring (bicyclic) bond motifs is 3. The lowest BCUT2D eigenvalue weighted by Gasteiger charge is -2.08. The molecule has 0 aliphatic heterocycles. The van der Waals surface area contributed by atoms with Crippen molar-refractivity contribution in [3.63, 3.8) is 0 Å². The molecule has 3 heterocycles. The smallest absolute Gasteiger partial charge is 0.332 e. The Hall–Kier alpha value is -3.55. The van der Waals surface area contributed by atoms with Crippen LogP contribution in [0.15, 0.2) is 46.5 Å². The molecule has 0 aliphatic rings. The van der Waals surface area contributed by atoms with Crippen molar-refractivity contribution < 1.29 is 4.74 Å². The van der Waals surface area contributed by atoms with Crippen LogP contribution in [-0.4, -0.2) is 30.2 Å². The van der Waals surface area contributed by atoms with Crippen LogP contribution in [0.3, 0.4) is 0 Å². The van der Waals surface area contributed by atoms with Crippen molar-refractivity contribution in [3.05, 3.63) is 69.1 Å². The number of nitrogens with zero attached hydrogens (tertiary/aromatic N) is 5. The second-order valence-electron chi connectivity index (χ2n) is 6.67. The van der Waals surface area contributed by atoms with Crippen molar-refractivity contribution in [3.8, 4) is 11.4 Å². The molecule has 0 radical (unpaired) electrons. The first-order valence-electron chi connectivity index (χ1n) is 8.86. The Balaban J connectivity index is 2.15. The van der Waals surface area contributed by atoms with Crippen LogP contribution in [-0.2, 0) is 13.6 Å². The van der Waals surface area contributed by atoms with Crippen LogP contribution < -0.4 is 16.0 Å². The topological polar surface area (TPSA) is 75.5 Å². The Morgan fingerprint density at radius 3 is 2.43 bits per heavy atom. The Bertz CT molecular complexity index is 1350. The molecule has 0 saturated heterocycles. The third-order valence-electron chi connectivity index (χ3n) is 5.16. The predicted molar refractivity (Wildman–Crippen MR) is 108 cm³/mol. The highest BCUT2D eigenvalue weighted by atomic mass is 16.5. The van der Waals surface area contributed by atoms with Gasteiger partial charge >= 0.3 is 5.69 Å². The Kier molecular flexibility index (Phi) is 3.99. The van der Waals surface area contributed by atoms with Crippen LogP contribution in [0.4, 0.5) is 0 Å². The Labute approximate surface area is 160 Å². The van der Waals surface area contributed by atoms with Crippen LogP contribution in [0.5, 0.6) is 5.75 Å². The predicted octanol–water partition coefficient (Wildman–Crippen LogP) is 1.95. The zero-order chi connectivity index (χ0) is 20.2. The van der Waals surface area contributed by atoms with Gasteiger partial charge in [0.25, 0.3) is 5.56 Å². The number of imidazole rings is 2. The van der Waals surface area contributed by atoms with Gasteiger partial charge in [0.05, 0.1) is 7.11 Å². The first kappa shape index (κ1) is 17.8. The van der Waals surface area contributed by atoms with E-state index in [1.807, 2.05) is 47.1 Å². The fraction of sp³-hybridized carbons (Fsp3) is 0.250. The lowest BCUT2D eigenvalue weighted by molar-refractivity contribution is 0.415. The summed E-state index contributed by atoms with van der Waals surface area (Å²) >= 11 is 0. The standard InChI is InChI=1S/C20H21N5O3/c1-6-11-23-18(26)16-17(22(4)20(23)27)21-19-24(12(2)13(3)25(16)19)14-7-9-15(28-5)10-8-14/h6-10H,1,11H2,2-5H3. The molecule has 28 heavy (non-hydrogen) atoms. The molecule has 8 heteroatoms.